The topological polar surface area (TPSA) is 50.7 Å². The van der Waals surface area contributed by atoms with Crippen molar-refractivity contribution in [2.24, 2.45) is 5.10 Å². The van der Waals surface area contributed by atoms with Gasteiger partial charge in [0.15, 0.2) is 0 Å². The van der Waals surface area contributed by atoms with E-state index in [0.717, 1.165) is 25.8 Å². The van der Waals surface area contributed by atoms with Crippen LogP contribution in [0, 0.1) is 0 Å². The molecule has 0 radical (unpaired) electrons. The molecular weight excluding hydrogens is 412 g/mol. The number of nitrogens with one attached hydrogen (secondary N) is 1. The first kappa shape index (κ1) is 16.7. The second kappa shape index (κ2) is 8.10. The molecule has 0 fully saturated rings. The van der Waals surface area contributed by atoms with Crippen molar-refractivity contribution in [2.45, 2.75) is 6.42 Å². The Morgan fingerprint density at radius 3 is 2.59 bits per heavy atom. The monoisotopic (exact) mass is 424 g/mol. The van der Waals surface area contributed by atoms with Gasteiger partial charge in [-0.05, 0) is 57.4 Å². The number of methoxy groups -OCH3 is 1. The summed E-state index contributed by atoms with van der Waals surface area (Å²) in [5.74, 6) is 0.586. The van der Waals surface area contributed by atoms with Crippen molar-refractivity contribution in [1.82, 2.24) is 5.43 Å². The van der Waals surface area contributed by atoms with Crippen LogP contribution >= 0.6 is 31.9 Å². The molecule has 0 aliphatic rings. The lowest BCUT2D eigenvalue weighted by molar-refractivity contribution is -0.120. The summed E-state index contributed by atoms with van der Waals surface area (Å²) in [5, 5.41) is 3.96. The Labute approximate surface area is 145 Å². The van der Waals surface area contributed by atoms with Crippen LogP contribution in [0.15, 0.2) is 56.5 Å². The van der Waals surface area contributed by atoms with Crippen molar-refractivity contribution >= 4 is 44.0 Å². The van der Waals surface area contributed by atoms with Crippen LogP contribution in [-0.4, -0.2) is 19.2 Å². The molecule has 0 aliphatic carbocycles. The van der Waals surface area contributed by atoms with Crippen molar-refractivity contribution in [2.75, 3.05) is 7.11 Å². The molecule has 6 heteroatoms. The van der Waals surface area contributed by atoms with E-state index in [1.165, 1.54) is 0 Å². The number of carbonyl (C=O) groups is 1. The normalized spacial score (nSPS) is 10.7. The van der Waals surface area contributed by atoms with Gasteiger partial charge in [0.25, 0.3) is 0 Å². The molecule has 0 saturated carbocycles. The number of carbonyl (C=O) groups excluding carboxylic acids is 1. The third-order valence-corrected chi connectivity index (χ3v) is 4.01. The van der Waals surface area contributed by atoms with Crippen LogP contribution in [0.5, 0.6) is 5.75 Å². The minimum absolute atomic E-state index is 0.161. The number of nitrogens with zero attached hydrogens (tertiary/aromatic N) is 1. The zero-order valence-corrected chi connectivity index (χ0v) is 15.0. The van der Waals surface area contributed by atoms with E-state index in [4.69, 9.17) is 4.74 Å². The summed E-state index contributed by atoms with van der Waals surface area (Å²) in [6.07, 6.45) is 1.88. The Kier molecular flexibility index (Phi) is 6.15. The van der Waals surface area contributed by atoms with Gasteiger partial charge in [0, 0.05) is 4.47 Å². The maximum atomic E-state index is 11.8. The van der Waals surface area contributed by atoms with Crippen LogP contribution in [0.2, 0.25) is 0 Å². The molecule has 2 aromatic rings. The number of hydrogen-bond donors (Lipinski definition) is 1. The SMILES string of the molecule is COc1ccc(/C=N\NC(=O)Cc2ccc(Br)cc2)cc1Br. The molecule has 2 rings (SSSR count). The first-order chi connectivity index (χ1) is 10.6. The van der Waals surface area contributed by atoms with Crippen LogP contribution in [0.1, 0.15) is 11.1 Å². The predicted molar refractivity (Wildman–Crippen MR) is 94.3 cm³/mol. The van der Waals surface area contributed by atoms with Crippen LogP contribution in [0.25, 0.3) is 0 Å². The molecule has 0 bridgehead atoms. The third kappa shape index (κ3) is 4.96. The molecular formula is C16H14Br2N2O2. The Morgan fingerprint density at radius 2 is 1.95 bits per heavy atom. The van der Waals surface area contributed by atoms with E-state index in [1.807, 2.05) is 42.5 Å². The fourth-order valence-corrected chi connectivity index (χ4v) is 2.59. The maximum Gasteiger partial charge on any atom is 0.244 e. The highest BCUT2D eigenvalue weighted by Crippen LogP contribution is 2.24. The van der Waals surface area contributed by atoms with E-state index in [9.17, 15) is 4.79 Å². The lowest BCUT2D eigenvalue weighted by Gasteiger charge is -2.03. The standard InChI is InChI=1S/C16H14Br2N2O2/c1-22-15-7-4-12(8-14(15)18)10-19-20-16(21)9-11-2-5-13(17)6-3-11/h2-8,10H,9H2,1H3,(H,20,21)/b19-10-. The third-order valence-electron chi connectivity index (χ3n) is 2.86. The molecule has 1 amide bonds. The van der Waals surface area contributed by atoms with Crippen molar-refractivity contribution in [1.29, 1.82) is 0 Å². The highest BCUT2D eigenvalue weighted by molar-refractivity contribution is 9.10. The minimum Gasteiger partial charge on any atom is -0.496 e. The first-order valence-corrected chi connectivity index (χ1v) is 8.07. The first-order valence-electron chi connectivity index (χ1n) is 6.48. The van der Waals surface area contributed by atoms with Crippen LogP contribution in [0.4, 0.5) is 0 Å². The summed E-state index contributed by atoms with van der Waals surface area (Å²) in [4.78, 5) is 11.8. The van der Waals surface area contributed by atoms with Gasteiger partial charge in [0.2, 0.25) is 5.91 Å². The summed E-state index contributed by atoms with van der Waals surface area (Å²) in [7, 11) is 1.61. The average Bonchev–Trinajstić information content (AvgIpc) is 2.50. The summed E-state index contributed by atoms with van der Waals surface area (Å²) in [5.41, 5.74) is 4.31. The number of halogens is 2. The van der Waals surface area contributed by atoms with Crippen LogP contribution < -0.4 is 10.2 Å². The van der Waals surface area contributed by atoms with E-state index in [0.29, 0.717) is 0 Å². The van der Waals surface area contributed by atoms with Crippen LogP contribution in [-0.2, 0) is 11.2 Å². The van der Waals surface area contributed by atoms with Crippen molar-refractivity contribution < 1.29 is 9.53 Å². The van der Waals surface area contributed by atoms with Crippen molar-refractivity contribution in [3.8, 4) is 5.75 Å². The Balaban J connectivity index is 1.90. The lowest BCUT2D eigenvalue weighted by Crippen LogP contribution is -2.19. The van der Waals surface area contributed by atoms with Gasteiger partial charge >= 0.3 is 0 Å². The van der Waals surface area contributed by atoms with E-state index in [-0.39, 0.29) is 12.3 Å². The van der Waals surface area contributed by atoms with Gasteiger partial charge in [-0.15, -0.1) is 0 Å². The van der Waals surface area contributed by atoms with E-state index in [2.05, 4.69) is 42.4 Å². The predicted octanol–water partition coefficient (Wildman–Crippen LogP) is 3.91. The summed E-state index contributed by atoms with van der Waals surface area (Å²) in [6, 6.07) is 13.1. The number of benzene rings is 2. The molecule has 4 nitrogen and oxygen atoms in total. The van der Waals surface area contributed by atoms with Gasteiger partial charge in [-0.25, -0.2) is 5.43 Å². The molecule has 0 aromatic heterocycles. The zero-order chi connectivity index (χ0) is 15.9. The quantitative estimate of drug-likeness (QED) is 0.583. The Morgan fingerprint density at radius 1 is 1.23 bits per heavy atom. The lowest BCUT2D eigenvalue weighted by atomic mass is 10.1. The fraction of sp³-hybridized carbons (Fsp3) is 0.125. The smallest absolute Gasteiger partial charge is 0.244 e. The molecule has 0 spiro atoms. The van der Waals surface area contributed by atoms with Crippen molar-refractivity contribution in [3.63, 3.8) is 0 Å². The highest BCUT2D eigenvalue weighted by Gasteiger charge is 2.02. The second-order valence-electron chi connectivity index (χ2n) is 4.49. The Hall–Kier alpha value is -1.66. The largest absolute Gasteiger partial charge is 0.496 e. The van der Waals surface area contributed by atoms with E-state index >= 15 is 0 Å². The van der Waals surface area contributed by atoms with Gasteiger partial charge in [-0.3, -0.25) is 4.79 Å². The molecule has 0 heterocycles. The van der Waals surface area contributed by atoms with E-state index in [1.54, 1.807) is 13.3 Å². The number of amides is 1. The summed E-state index contributed by atoms with van der Waals surface area (Å²) < 4.78 is 6.97. The van der Waals surface area contributed by atoms with Gasteiger partial charge in [-0.1, -0.05) is 28.1 Å². The van der Waals surface area contributed by atoms with Gasteiger partial charge in [0.05, 0.1) is 24.2 Å². The van der Waals surface area contributed by atoms with E-state index < -0.39 is 0 Å². The summed E-state index contributed by atoms with van der Waals surface area (Å²) >= 11 is 6.76. The number of rotatable bonds is 5. The van der Waals surface area contributed by atoms with Gasteiger partial charge < -0.3 is 4.74 Å². The maximum absolute atomic E-state index is 11.8. The number of hydrogen-bond acceptors (Lipinski definition) is 3. The molecule has 0 aliphatic heterocycles. The fourth-order valence-electron chi connectivity index (χ4n) is 1.77. The minimum atomic E-state index is -0.161. The highest BCUT2D eigenvalue weighted by atomic mass is 79.9. The molecule has 1 N–H and O–H groups in total. The molecule has 0 atom stereocenters. The molecule has 22 heavy (non-hydrogen) atoms. The number of hydrazone groups is 1. The molecule has 114 valence electrons. The molecule has 2 aromatic carbocycles. The molecule has 0 unspecified atom stereocenters. The van der Waals surface area contributed by atoms with Crippen LogP contribution in [0.3, 0.4) is 0 Å². The van der Waals surface area contributed by atoms with Crippen molar-refractivity contribution in [3.05, 3.63) is 62.5 Å². The van der Waals surface area contributed by atoms with Gasteiger partial charge in [-0.2, -0.15) is 5.10 Å². The second-order valence-corrected chi connectivity index (χ2v) is 6.26. The number of ether oxygens (including phenoxy) is 1. The Bertz CT molecular complexity index is 685. The molecule has 0 saturated heterocycles. The zero-order valence-electron chi connectivity index (χ0n) is 11.8. The average molecular weight is 426 g/mol. The summed E-state index contributed by atoms with van der Waals surface area (Å²) in [6.45, 7) is 0. The van der Waals surface area contributed by atoms with Gasteiger partial charge in [0.1, 0.15) is 5.75 Å².